The van der Waals surface area contributed by atoms with E-state index in [0.717, 1.165) is 6.07 Å². The summed E-state index contributed by atoms with van der Waals surface area (Å²) >= 11 is 0. The fraction of sp³-hybridized carbons (Fsp3) is 0.0667. The zero-order valence-corrected chi connectivity index (χ0v) is 11.7. The number of halogens is 1. The lowest BCUT2D eigenvalue weighted by molar-refractivity contribution is -0.384. The Bertz CT molecular complexity index is 907. The van der Waals surface area contributed by atoms with Crippen LogP contribution in [0.4, 0.5) is 10.1 Å². The molecule has 7 nitrogen and oxygen atoms in total. The molecule has 0 aliphatic carbocycles. The van der Waals surface area contributed by atoms with E-state index in [-0.39, 0.29) is 17.8 Å². The van der Waals surface area contributed by atoms with Crippen LogP contribution in [0, 0.1) is 15.9 Å². The number of hydrogen-bond donors (Lipinski definition) is 2. The first kappa shape index (κ1) is 14.6. The van der Waals surface area contributed by atoms with E-state index in [9.17, 15) is 19.3 Å². The SMILES string of the molecule is O=C(NCc1nc2ccc([N+](=O)[O-])cc2[nH]1)c1cccc(F)c1. The highest BCUT2D eigenvalue weighted by molar-refractivity contribution is 5.94. The minimum Gasteiger partial charge on any atom is -0.345 e. The van der Waals surface area contributed by atoms with Crippen molar-refractivity contribution in [3.05, 3.63) is 69.8 Å². The second kappa shape index (κ2) is 5.84. The summed E-state index contributed by atoms with van der Waals surface area (Å²) < 4.78 is 13.1. The lowest BCUT2D eigenvalue weighted by Gasteiger charge is -2.03. The van der Waals surface area contributed by atoms with E-state index in [4.69, 9.17) is 0 Å². The summed E-state index contributed by atoms with van der Waals surface area (Å²) in [6.07, 6.45) is 0. The van der Waals surface area contributed by atoms with Crippen molar-refractivity contribution in [2.45, 2.75) is 6.54 Å². The van der Waals surface area contributed by atoms with Crippen LogP contribution in [-0.4, -0.2) is 20.8 Å². The van der Waals surface area contributed by atoms with Crippen LogP contribution < -0.4 is 5.32 Å². The van der Waals surface area contributed by atoms with E-state index in [0.29, 0.717) is 16.9 Å². The number of aromatic nitrogens is 2. The van der Waals surface area contributed by atoms with Crippen molar-refractivity contribution in [3.63, 3.8) is 0 Å². The lowest BCUT2D eigenvalue weighted by Crippen LogP contribution is -2.23. The molecule has 1 amide bonds. The van der Waals surface area contributed by atoms with Crippen molar-refractivity contribution in [1.82, 2.24) is 15.3 Å². The Morgan fingerprint density at radius 3 is 2.87 bits per heavy atom. The maximum absolute atomic E-state index is 13.1. The van der Waals surface area contributed by atoms with Gasteiger partial charge in [0.15, 0.2) is 0 Å². The number of nitro groups is 1. The van der Waals surface area contributed by atoms with E-state index in [1.165, 1.54) is 36.4 Å². The van der Waals surface area contributed by atoms with Crippen LogP contribution in [0.5, 0.6) is 0 Å². The van der Waals surface area contributed by atoms with Crippen LogP contribution in [0.1, 0.15) is 16.2 Å². The molecule has 0 saturated heterocycles. The molecule has 8 heteroatoms. The number of H-pyrrole nitrogens is 1. The molecule has 116 valence electrons. The predicted molar refractivity (Wildman–Crippen MR) is 80.3 cm³/mol. The fourth-order valence-electron chi connectivity index (χ4n) is 2.14. The Hall–Kier alpha value is -3.29. The van der Waals surface area contributed by atoms with Crippen LogP contribution in [0.15, 0.2) is 42.5 Å². The summed E-state index contributed by atoms with van der Waals surface area (Å²) in [7, 11) is 0. The first-order valence-electron chi connectivity index (χ1n) is 6.70. The molecule has 1 heterocycles. The summed E-state index contributed by atoms with van der Waals surface area (Å²) in [6, 6.07) is 9.60. The lowest BCUT2D eigenvalue weighted by atomic mass is 10.2. The second-order valence-electron chi connectivity index (χ2n) is 4.84. The number of hydrogen-bond acceptors (Lipinski definition) is 4. The third-order valence-electron chi connectivity index (χ3n) is 3.23. The largest absolute Gasteiger partial charge is 0.345 e. The number of aromatic amines is 1. The normalized spacial score (nSPS) is 10.7. The third kappa shape index (κ3) is 3.15. The number of benzene rings is 2. The number of carbonyl (C=O) groups is 1. The smallest absolute Gasteiger partial charge is 0.271 e. The summed E-state index contributed by atoms with van der Waals surface area (Å²) in [4.78, 5) is 29.3. The number of nitrogens with zero attached hydrogens (tertiary/aromatic N) is 2. The minimum absolute atomic E-state index is 0.0449. The molecule has 3 rings (SSSR count). The van der Waals surface area contributed by atoms with E-state index in [2.05, 4.69) is 15.3 Å². The molecule has 0 spiro atoms. The standard InChI is InChI=1S/C15H11FN4O3/c16-10-3-1-2-9(6-10)15(21)17-8-14-18-12-5-4-11(20(22)23)7-13(12)19-14/h1-7H,8H2,(H,17,21)(H,18,19). The molecule has 0 fully saturated rings. The fourth-order valence-corrected chi connectivity index (χ4v) is 2.14. The molecule has 2 aromatic carbocycles. The molecule has 0 aliphatic heterocycles. The van der Waals surface area contributed by atoms with E-state index >= 15 is 0 Å². The van der Waals surface area contributed by atoms with Crippen LogP contribution in [0.3, 0.4) is 0 Å². The Balaban J connectivity index is 1.74. The molecular weight excluding hydrogens is 303 g/mol. The van der Waals surface area contributed by atoms with Crippen molar-refractivity contribution < 1.29 is 14.1 Å². The monoisotopic (exact) mass is 314 g/mol. The molecule has 23 heavy (non-hydrogen) atoms. The topological polar surface area (TPSA) is 101 Å². The van der Waals surface area contributed by atoms with Gasteiger partial charge in [-0.3, -0.25) is 14.9 Å². The highest BCUT2D eigenvalue weighted by Gasteiger charge is 2.11. The first-order chi connectivity index (χ1) is 11.0. The van der Waals surface area contributed by atoms with Gasteiger partial charge < -0.3 is 10.3 Å². The molecule has 3 aromatic rings. The average Bonchev–Trinajstić information content (AvgIpc) is 2.94. The van der Waals surface area contributed by atoms with Crippen LogP contribution >= 0.6 is 0 Å². The molecule has 0 atom stereocenters. The highest BCUT2D eigenvalue weighted by atomic mass is 19.1. The quantitative estimate of drug-likeness (QED) is 0.570. The molecule has 2 N–H and O–H groups in total. The zero-order valence-electron chi connectivity index (χ0n) is 11.7. The van der Waals surface area contributed by atoms with Crippen molar-refractivity contribution in [3.8, 4) is 0 Å². The maximum Gasteiger partial charge on any atom is 0.271 e. The summed E-state index contributed by atoms with van der Waals surface area (Å²) in [5.74, 6) is -0.477. The van der Waals surface area contributed by atoms with Gasteiger partial charge in [-0.1, -0.05) is 6.07 Å². The van der Waals surface area contributed by atoms with Gasteiger partial charge in [-0.2, -0.15) is 0 Å². The Labute approximate surface area is 129 Å². The number of imidazole rings is 1. The number of fused-ring (bicyclic) bond motifs is 1. The maximum atomic E-state index is 13.1. The average molecular weight is 314 g/mol. The number of rotatable bonds is 4. The van der Waals surface area contributed by atoms with Gasteiger partial charge >= 0.3 is 0 Å². The molecular formula is C15H11FN4O3. The van der Waals surface area contributed by atoms with Gasteiger partial charge in [-0.25, -0.2) is 9.37 Å². The van der Waals surface area contributed by atoms with Gasteiger partial charge in [-0.05, 0) is 24.3 Å². The first-order valence-corrected chi connectivity index (χ1v) is 6.70. The molecule has 0 radical (unpaired) electrons. The molecule has 1 aromatic heterocycles. The van der Waals surface area contributed by atoms with Gasteiger partial charge in [0.25, 0.3) is 11.6 Å². The zero-order chi connectivity index (χ0) is 16.4. The second-order valence-corrected chi connectivity index (χ2v) is 4.84. The number of non-ortho nitro benzene ring substituents is 1. The van der Waals surface area contributed by atoms with Crippen molar-refractivity contribution in [2.24, 2.45) is 0 Å². The number of amides is 1. The van der Waals surface area contributed by atoms with E-state index < -0.39 is 16.6 Å². The molecule has 0 bridgehead atoms. The Kier molecular flexibility index (Phi) is 3.71. The number of nitrogens with one attached hydrogen (secondary N) is 2. The van der Waals surface area contributed by atoms with Crippen LogP contribution in [0.2, 0.25) is 0 Å². The van der Waals surface area contributed by atoms with Crippen molar-refractivity contribution >= 4 is 22.6 Å². The van der Waals surface area contributed by atoms with Gasteiger partial charge in [0.05, 0.1) is 22.5 Å². The number of carbonyl (C=O) groups excluding carboxylic acids is 1. The molecule has 0 saturated carbocycles. The van der Waals surface area contributed by atoms with Crippen molar-refractivity contribution in [1.29, 1.82) is 0 Å². The summed E-state index contributed by atoms with van der Waals surface area (Å²) in [5, 5.41) is 13.3. The summed E-state index contributed by atoms with van der Waals surface area (Å²) in [5.41, 5.74) is 1.23. The molecule has 0 unspecified atom stereocenters. The van der Waals surface area contributed by atoms with Crippen LogP contribution in [0.25, 0.3) is 11.0 Å². The minimum atomic E-state index is -0.494. The van der Waals surface area contributed by atoms with Gasteiger partial charge in [-0.15, -0.1) is 0 Å². The third-order valence-corrected chi connectivity index (χ3v) is 3.23. The molecule has 0 aliphatic rings. The van der Waals surface area contributed by atoms with Crippen LogP contribution in [-0.2, 0) is 6.54 Å². The van der Waals surface area contributed by atoms with E-state index in [1.807, 2.05) is 0 Å². The van der Waals surface area contributed by atoms with Gasteiger partial charge in [0.1, 0.15) is 11.6 Å². The van der Waals surface area contributed by atoms with Crippen molar-refractivity contribution in [2.75, 3.05) is 0 Å². The van der Waals surface area contributed by atoms with E-state index in [1.54, 1.807) is 0 Å². The predicted octanol–water partition coefficient (Wildman–Crippen LogP) is 2.54. The Morgan fingerprint density at radius 2 is 2.13 bits per heavy atom. The van der Waals surface area contributed by atoms with Gasteiger partial charge in [0.2, 0.25) is 0 Å². The Morgan fingerprint density at radius 1 is 1.30 bits per heavy atom. The summed E-state index contributed by atoms with van der Waals surface area (Å²) in [6.45, 7) is 0.0951. The highest BCUT2D eigenvalue weighted by Crippen LogP contribution is 2.18. The number of nitro benzene ring substituents is 1. The van der Waals surface area contributed by atoms with Gasteiger partial charge in [0, 0.05) is 17.7 Å².